The number of nitrogens with one attached hydrogen (secondary N) is 2. The Bertz CT molecular complexity index is 982. The molecule has 0 saturated heterocycles. The van der Waals surface area contributed by atoms with Gasteiger partial charge >= 0.3 is 12.1 Å². The molecule has 3 N–H and O–H groups in total. The van der Waals surface area contributed by atoms with Crippen molar-refractivity contribution < 1.29 is 24.2 Å². The highest BCUT2D eigenvalue weighted by atomic mass is 32.2. The molecule has 0 radical (unpaired) electrons. The Morgan fingerprint density at radius 2 is 1.67 bits per heavy atom. The number of aliphatic carboxylic acids is 1. The number of ether oxygens (including phenoxy) is 1. The number of benzene rings is 2. The minimum Gasteiger partial charge on any atom is -0.481 e. The van der Waals surface area contributed by atoms with Crippen molar-refractivity contribution in [2.75, 3.05) is 24.7 Å². The van der Waals surface area contributed by atoms with E-state index in [1.807, 2.05) is 24.3 Å². The molecule has 0 heterocycles. The fraction of sp³-hybridized carbons (Fsp3) is 0.400. The third-order valence-corrected chi connectivity index (χ3v) is 7.18. The molecule has 2 aliphatic carbocycles. The number of hydrogen-bond donors (Lipinski definition) is 3. The molecule has 2 aliphatic rings. The number of amides is 2. The summed E-state index contributed by atoms with van der Waals surface area (Å²) in [6.07, 6.45) is 1.57. The molecule has 2 amide bonds. The second kappa shape index (κ2) is 10.7. The molecule has 174 valence electrons. The third-order valence-electron chi connectivity index (χ3n) is 6.24. The van der Waals surface area contributed by atoms with Crippen LogP contribution in [0.4, 0.5) is 4.79 Å². The molecule has 2 aromatic carbocycles. The second-order valence-electron chi connectivity index (χ2n) is 8.41. The van der Waals surface area contributed by atoms with Gasteiger partial charge in [-0.2, -0.15) is 0 Å². The van der Waals surface area contributed by atoms with E-state index in [1.54, 1.807) is 0 Å². The molecule has 2 aromatic rings. The molecule has 0 spiro atoms. The normalized spacial score (nSPS) is 18.9. The van der Waals surface area contributed by atoms with Gasteiger partial charge in [-0.25, -0.2) is 4.79 Å². The summed E-state index contributed by atoms with van der Waals surface area (Å²) in [5.74, 6) is -0.429. The second-order valence-corrected chi connectivity index (χ2v) is 9.52. The van der Waals surface area contributed by atoms with Gasteiger partial charge < -0.3 is 20.5 Å². The number of carboxylic acids is 1. The molecule has 0 unspecified atom stereocenters. The van der Waals surface area contributed by atoms with Gasteiger partial charge in [0.15, 0.2) is 0 Å². The monoisotopic (exact) mass is 468 g/mol. The van der Waals surface area contributed by atoms with Gasteiger partial charge in [-0.3, -0.25) is 9.59 Å². The summed E-state index contributed by atoms with van der Waals surface area (Å²) in [5.41, 5.74) is 4.72. The number of rotatable bonds is 9. The molecule has 7 nitrogen and oxygen atoms in total. The van der Waals surface area contributed by atoms with E-state index in [-0.39, 0.29) is 36.1 Å². The highest BCUT2D eigenvalue weighted by molar-refractivity contribution is 7.99. The van der Waals surface area contributed by atoms with Crippen molar-refractivity contribution in [1.29, 1.82) is 0 Å². The van der Waals surface area contributed by atoms with Crippen LogP contribution in [0, 0.1) is 5.92 Å². The molecule has 2 atom stereocenters. The summed E-state index contributed by atoms with van der Waals surface area (Å²) in [7, 11) is 0. The van der Waals surface area contributed by atoms with E-state index < -0.39 is 12.1 Å². The SMILES string of the molecule is O=C(O)CSCCNC(=O)[C@H]1CC[C@@H](NC(=O)OCC2c3ccccc3-c3ccccc32)C1. The van der Waals surface area contributed by atoms with Crippen molar-refractivity contribution in [3.63, 3.8) is 0 Å². The Kier molecular flexibility index (Phi) is 7.54. The number of alkyl carbamates (subject to hydrolysis) is 1. The quantitative estimate of drug-likeness (QED) is 0.486. The lowest BCUT2D eigenvalue weighted by Gasteiger charge is -2.17. The largest absolute Gasteiger partial charge is 0.481 e. The van der Waals surface area contributed by atoms with E-state index in [0.29, 0.717) is 25.1 Å². The third kappa shape index (κ3) is 5.68. The molecular weight excluding hydrogens is 440 g/mol. The van der Waals surface area contributed by atoms with Crippen LogP contribution in [0.5, 0.6) is 0 Å². The van der Waals surface area contributed by atoms with Gasteiger partial charge in [0.2, 0.25) is 5.91 Å². The molecule has 0 aromatic heterocycles. The van der Waals surface area contributed by atoms with Crippen molar-refractivity contribution >= 4 is 29.7 Å². The van der Waals surface area contributed by atoms with Crippen LogP contribution in [0.3, 0.4) is 0 Å². The van der Waals surface area contributed by atoms with E-state index >= 15 is 0 Å². The molecule has 8 heteroatoms. The molecular formula is C25H28N2O5S. The summed E-state index contributed by atoms with van der Waals surface area (Å²) in [6, 6.07) is 16.3. The Morgan fingerprint density at radius 1 is 1.00 bits per heavy atom. The summed E-state index contributed by atoms with van der Waals surface area (Å²) < 4.78 is 5.61. The minimum absolute atomic E-state index is 0.0178. The van der Waals surface area contributed by atoms with Gasteiger partial charge in [-0.1, -0.05) is 48.5 Å². The zero-order chi connectivity index (χ0) is 23.2. The fourth-order valence-corrected chi connectivity index (χ4v) is 5.27. The van der Waals surface area contributed by atoms with Crippen molar-refractivity contribution in [3.05, 3.63) is 59.7 Å². The Labute approximate surface area is 197 Å². The van der Waals surface area contributed by atoms with Gasteiger partial charge in [-0.15, -0.1) is 11.8 Å². The summed E-state index contributed by atoms with van der Waals surface area (Å²) in [4.78, 5) is 35.3. The lowest BCUT2D eigenvalue weighted by atomic mass is 9.98. The van der Waals surface area contributed by atoms with Crippen molar-refractivity contribution in [2.24, 2.45) is 5.92 Å². The number of thioether (sulfide) groups is 1. The van der Waals surface area contributed by atoms with Crippen LogP contribution in [0.2, 0.25) is 0 Å². The number of carbonyl (C=O) groups is 3. The lowest BCUT2D eigenvalue weighted by Crippen LogP contribution is -2.36. The summed E-state index contributed by atoms with van der Waals surface area (Å²) in [6.45, 7) is 0.711. The highest BCUT2D eigenvalue weighted by Crippen LogP contribution is 2.44. The van der Waals surface area contributed by atoms with E-state index in [4.69, 9.17) is 9.84 Å². The molecule has 33 heavy (non-hydrogen) atoms. The topological polar surface area (TPSA) is 105 Å². The molecule has 1 fully saturated rings. The van der Waals surface area contributed by atoms with Crippen LogP contribution in [0.25, 0.3) is 11.1 Å². The zero-order valence-electron chi connectivity index (χ0n) is 18.3. The Balaban J connectivity index is 1.22. The Hall–Kier alpha value is -3.00. The van der Waals surface area contributed by atoms with Crippen molar-refractivity contribution in [3.8, 4) is 11.1 Å². The van der Waals surface area contributed by atoms with E-state index in [2.05, 4.69) is 34.9 Å². The first-order chi connectivity index (χ1) is 16.0. The molecule has 1 saturated carbocycles. The van der Waals surface area contributed by atoms with Gasteiger partial charge in [-0.05, 0) is 41.5 Å². The fourth-order valence-electron chi connectivity index (χ4n) is 4.71. The van der Waals surface area contributed by atoms with Gasteiger partial charge in [0, 0.05) is 30.2 Å². The first-order valence-electron chi connectivity index (χ1n) is 11.2. The van der Waals surface area contributed by atoms with Crippen LogP contribution >= 0.6 is 11.8 Å². The van der Waals surface area contributed by atoms with E-state index in [0.717, 1.165) is 6.42 Å². The molecule has 0 bridgehead atoms. The van der Waals surface area contributed by atoms with Gasteiger partial charge in [0.05, 0.1) is 5.75 Å². The first-order valence-corrected chi connectivity index (χ1v) is 12.4. The number of carbonyl (C=O) groups excluding carboxylic acids is 2. The smallest absolute Gasteiger partial charge is 0.407 e. The first kappa shape index (κ1) is 23.2. The average molecular weight is 469 g/mol. The Morgan fingerprint density at radius 3 is 2.33 bits per heavy atom. The number of hydrogen-bond acceptors (Lipinski definition) is 5. The lowest BCUT2D eigenvalue weighted by molar-refractivity contribution is -0.134. The maximum absolute atomic E-state index is 12.5. The van der Waals surface area contributed by atoms with Crippen LogP contribution in [-0.4, -0.2) is 53.8 Å². The predicted octanol–water partition coefficient (Wildman–Crippen LogP) is 3.63. The van der Waals surface area contributed by atoms with Crippen molar-refractivity contribution in [2.45, 2.75) is 31.2 Å². The summed E-state index contributed by atoms with van der Waals surface area (Å²) >= 11 is 1.27. The number of carboxylic acid groups (broad SMARTS) is 1. The van der Waals surface area contributed by atoms with Gasteiger partial charge in [0.25, 0.3) is 0 Å². The van der Waals surface area contributed by atoms with E-state index in [9.17, 15) is 14.4 Å². The maximum Gasteiger partial charge on any atom is 0.407 e. The average Bonchev–Trinajstić information content (AvgIpc) is 3.40. The highest BCUT2D eigenvalue weighted by Gasteiger charge is 2.32. The zero-order valence-corrected chi connectivity index (χ0v) is 19.1. The number of fused-ring (bicyclic) bond motifs is 3. The minimum atomic E-state index is -0.857. The van der Waals surface area contributed by atoms with Crippen LogP contribution in [-0.2, 0) is 14.3 Å². The van der Waals surface area contributed by atoms with Crippen LogP contribution < -0.4 is 10.6 Å². The maximum atomic E-state index is 12.5. The standard InChI is InChI=1S/C25H28N2O5S/c28-23(29)15-33-12-11-26-24(30)16-9-10-17(13-16)27-25(31)32-14-22-20-7-3-1-5-18(20)19-6-2-4-8-21(19)22/h1-8,16-17,22H,9-15H2,(H,26,30)(H,27,31)(H,28,29)/t16-,17+/m0/s1. The predicted molar refractivity (Wildman–Crippen MR) is 127 cm³/mol. The van der Waals surface area contributed by atoms with Crippen LogP contribution in [0.1, 0.15) is 36.3 Å². The molecule has 4 rings (SSSR count). The molecule has 0 aliphatic heterocycles. The van der Waals surface area contributed by atoms with Crippen molar-refractivity contribution in [1.82, 2.24) is 10.6 Å². The van der Waals surface area contributed by atoms with Gasteiger partial charge in [0.1, 0.15) is 6.61 Å². The van der Waals surface area contributed by atoms with Crippen LogP contribution in [0.15, 0.2) is 48.5 Å². The summed E-state index contributed by atoms with van der Waals surface area (Å²) in [5, 5.41) is 14.4. The van der Waals surface area contributed by atoms with E-state index in [1.165, 1.54) is 34.0 Å².